The minimum atomic E-state index is -0.975. The van der Waals surface area contributed by atoms with E-state index in [1.807, 2.05) is 0 Å². The number of rotatable bonds is 6. The first-order chi connectivity index (χ1) is 14.2. The summed E-state index contributed by atoms with van der Waals surface area (Å²) in [6.07, 6.45) is 2.31. The second-order valence-corrected chi connectivity index (χ2v) is 8.17. The van der Waals surface area contributed by atoms with E-state index in [0.717, 1.165) is 11.1 Å². The van der Waals surface area contributed by atoms with Crippen LogP contribution in [0.5, 0.6) is 0 Å². The summed E-state index contributed by atoms with van der Waals surface area (Å²) in [5.74, 6) is -3.34. The van der Waals surface area contributed by atoms with E-state index in [-0.39, 0.29) is 11.8 Å². The molecule has 2 fully saturated rings. The van der Waals surface area contributed by atoms with E-state index < -0.39 is 35.9 Å². The van der Waals surface area contributed by atoms with Crippen LogP contribution in [0.3, 0.4) is 0 Å². The first-order valence-electron chi connectivity index (χ1n) is 10.4. The van der Waals surface area contributed by atoms with E-state index in [1.54, 1.807) is 38.1 Å². The number of carboxylic acid groups (broad SMARTS) is 2. The van der Waals surface area contributed by atoms with Gasteiger partial charge in [-0.3, -0.25) is 9.59 Å². The predicted octanol–water partition coefficient (Wildman–Crippen LogP) is 2.04. The SMILES string of the molecule is CC(C(=O)N1CCC[C@@H]1C(=O)O)c1ccc(C(C)C(=O)N2CCC[C@@H]2C(=O)O)cc1. The third kappa shape index (κ3) is 4.17. The van der Waals surface area contributed by atoms with Gasteiger partial charge in [0.2, 0.25) is 11.8 Å². The van der Waals surface area contributed by atoms with Gasteiger partial charge in [-0.15, -0.1) is 0 Å². The highest BCUT2D eigenvalue weighted by molar-refractivity contribution is 5.89. The molecule has 0 saturated carbocycles. The van der Waals surface area contributed by atoms with Crippen LogP contribution in [0.15, 0.2) is 24.3 Å². The lowest BCUT2D eigenvalue weighted by atomic mass is 9.93. The topological polar surface area (TPSA) is 115 Å². The Morgan fingerprint density at radius 1 is 0.767 bits per heavy atom. The summed E-state index contributed by atoms with van der Waals surface area (Å²) < 4.78 is 0. The fourth-order valence-electron chi connectivity index (χ4n) is 4.43. The van der Waals surface area contributed by atoms with Crippen molar-refractivity contribution in [3.05, 3.63) is 35.4 Å². The fraction of sp³-hybridized carbons (Fsp3) is 0.545. The van der Waals surface area contributed by atoms with E-state index in [2.05, 4.69) is 0 Å². The standard InChI is InChI=1S/C22H28N2O6/c1-13(19(25)23-11-3-5-17(23)21(27)28)15-7-9-16(10-8-15)14(2)20(26)24-12-4-6-18(24)22(29)30/h7-10,13-14,17-18H,3-6,11-12H2,1-2H3,(H,27,28)(H,29,30)/t13?,14?,17-,18-/m1/s1. The second kappa shape index (κ2) is 8.85. The monoisotopic (exact) mass is 416 g/mol. The van der Waals surface area contributed by atoms with Gasteiger partial charge in [-0.1, -0.05) is 24.3 Å². The number of likely N-dealkylation sites (tertiary alicyclic amines) is 2. The Balaban J connectivity index is 1.69. The minimum Gasteiger partial charge on any atom is -0.480 e. The lowest BCUT2D eigenvalue weighted by Crippen LogP contribution is -2.42. The van der Waals surface area contributed by atoms with Crippen molar-refractivity contribution in [3.8, 4) is 0 Å². The third-order valence-corrected chi connectivity index (χ3v) is 6.32. The molecule has 2 unspecified atom stereocenters. The zero-order valence-corrected chi connectivity index (χ0v) is 17.3. The molecule has 2 aliphatic rings. The maximum absolute atomic E-state index is 12.8. The number of amides is 2. The smallest absolute Gasteiger partial charge is 0.326 e. The first kappa shape index (κ1) is 21.8. The lowest BCUT2D eigenvalue weighted by molar-refractivity contribution is -0.148. The molecule has 2 heterocycles. The number of hydrogen-bond acceptors (Lipinski definition) is 4. The van der Waals surface area contributed by atoms with E-state index in [1.165, 1.54) is 9.80 Å². The number of nitrogens with zero attached hydrogens (tertiary/aromatic N) is 2. The van der Waals surface area contributed by atoms with Crippen molar-refractivity contribution in [1.82, 2.24) is 9.80 Å². The maximum atomic E-state index is 12.8. The van der Waals surface area contributed by atoms with Crippen LogP contribution in [0.4, 0.5) is 0 Å². The van der Waals surface area contributed by atoms with Gasteiger partial charge in [0.25, 0.3) is 0 Å². The van der Waals surface area contributed by atoms with E-state index in [4.69, 9.17) is 0 Å². The van der Waals surface area contributed by atoms with Gasteiger partial charge >= 0.3 is 11.9 Å². The summed E-state index contributed by atoms with van der Waals surface area (Å²) in [5, 5.41) is 18.6. The molecular formula is C22H28N2O6. The number of carbonyl (C=O) groups excluding carboxylic acids is 2. The molecule has 0 spiro atoms. The zero-order chi connectivity index (χ0) is 22.0. The maximum Gasteiger partial charge on any atom is 0.326 e. The molecular weight excluding hydrogens is 388 g/mol. The largest absolute Gasteiger partial charge is 0.480 e. The molecule has 3 rings (SSSR count). The Morgan fingerprint density at radius 3 is 1.40 bits per heavy atom. The first-order valence-corrected chi connectivity index (χ1v) is 10.4. The Labute approximate surface area is 175 Å². The predicted molar refractivity (Wildman–Crippen MR) is 108 cm³/mol. The van der Waals surface area contributed by atoms with Gasteiger partial charge in [0.05, 0.1) is 11.8 Å². The second-order valence-electron chi connectivity index (χ2n) is 8.17. The molecule has 0 bridgehead atoms. The summed E-state index contributed by atoms with van der Waals surface area (Å²) in [5.41, 5.74) is 1.51. The average molecular weight is 416 g/mol. The van der Waals surface area contributed by atoms with Crippen LogP contribution >= 0.6 is 0 Å². The highest BCUT2D eigenvalue weighted by atomic mass is 16.4. The quantitative estimate of drug-likeness (QED) is 0.733. The van der Waals surface area contributed by atoms with Gasteiger partial charge in [0.1, 0.15) is 12.1 Å². The van der Waals surface area contributed by atoms with Crippen molar-refractivity contribution < 1.29 is 29.4 Å². The molecule has 2 N–H and O–H groups in total. The molecule has 0 radical (unpaired) electrons. The van der Waals surface area contributed by atoms with Gasteiger partial charge < -0.3 is 20.0 Å². The highest BCUT2D eigenvalue weighted by Gasteiger charge is 2.37. The molecule has 1 aromatic carbocycles. The number of benzene rings is 1. The molecule has 4 atom stereocenters. The highest BCUT2D eigenvalue weighted by Crippen LogP contribution is 2.28. The summed E-state index contributed by atoms with van der Waals surface area (Å²) in [7, 11) is 0. The van der Waals surface area contributed by atoms with Crippen molar-refractivity contribution in [1.29, 1.82) is 0 Å². The minimum absolute atomic E-state index is 0.210. The van der Waals surface area contributed by atoms with Crippen LogP contribution in [0.1, 0.15) is 62.5 Å². The zero-order valence-electron chi connectivity index (χ0n) is 17.3. The van der Waals surface area contributed by atoms with Gasteiger partial charge in [-0.25, -0.2) is 9.59 Å². The average Bonchev–Trinajstić information content (AvgIpc) is 3.41. The molecule has 8 heteroatoms. The van der Waals surface area contributed by atoms with Gasteiger partial charge in [0.15, 0.2) is 0 Å². The number of hydrogen-bond donors (Lipinski definition) is 2. The molecule has 30 heavy (non-hydrogen) atoms. The summed E-state index contributed by atoms with van der Waals surface area (Å²) in [6.45, 7) is 4.41. The van der Waals surface area contributed by atoms with Crippen LogP contribution in [-0.2, 0) is 19.2 Å². The van der Waals surface area contributed by atoms with Gasteiger partial charge in [0, 0.05) is 13.1 Å². The summed E-state index contributed by atoms with van der Waals surface area (Å²) in [4.78, 5) is 51.2. The van der Waals surface area contributed by atoms with E-state index in [0.29, 0.717) is 38.8 Å². The molecule has 2 aliphatic heterocycles. The lowest BCUT2D eigenvalue weighted by Gasteiger charge is -2.26. The summed E-state index contributed by atoms with van der Waals surface area (Å²) >= 11 is 0. The fourth-order valence-corrected chi connectivity index (χ4v) is 4.43. The van der Waals surface area contributed by atoms with E-state index in [9.17, 15) is 29.4 Å². The molecule has 2 amide bonds. The van der Waals surface area contributed by atoms with Crippen molar-refractivity contribution in [2.45, 2.75) is 63.5 Å². The Kier molecular flexibility index (Phi) is 6.43. The van der Waals surface area contributed by atoms with Crippen LogP contribution < -0.4 is 0 Å². The van der Waals surface area contributed by atoms with Crippen LogP contribution in [0.2, 0.25) is 0 Å². The molecule has 8 nitrogen and oxygen atoms in total. The van der Waals surface area contributed by atoms with E-state index >= 15 is 0 Å². The summed E-state index contributed by atoms with van der Waals surface area (Å²) in [6, 6.07) is 5.61. The van der Waals surface area contributed by atoms with Gasteiger partial charge in [-0.2, -0.15) is 0 Å². The van der Waals surface area contributed by atoms with Crippen LogP contribution in [0.25, 0.3) is 0 Å². The Hall–Kier alpha value is -2.90. The third-order valence-electron chi connectivity index (χ3n) is 6.32. The molecule has 0 aromatic heterocycles. The van der Waals surface area contributed by atoms with Crippen molar-refractivity contribution in [2.24, 2.45) is 0 Å². The number of aliphatic carboxylic acids is 2. The Bertz CT molecular complexity index is 768. The van der Waals surface area contributed by atoms with Crippen LogP contribution in [0, 0.1) is 0 Å². The molecule has 0 aliphatic carbocycles. The van der Waals surface area contributed by atoms with Gasteiger partial charge in [-0.05, 0) is 50.7 Å². The normalized spacial score (nSPS) is 23.3. The van der Waals surface area contributed by atoms with Crippen molar-refractivity contribution >= 4 is 23.8 Å². The van der Waals surface area contributed by atoms with Crippen LogP contribution in [-0.4, -0.2) is 68.9 Å². The number of carboxylic acids is 2. The Morgan fingerprint density at radius 2 is 1.10 bits per heavy atom. The molecule has 1 aromatic rings. The molecule has 2 saturated heterocycles. The molecule has 162 valence electrons. The number of carbonyl (C=O) groups is 4. The van der Waals surface area contributed by atoms with Crippen molar-refractivity contribution in [2.75, 3.05) is 13.1 Å². The van der Waals surface area contributed by atoms with Crippen molar-refractivity contribution in [3.63, 3.8) is 0 Å².